The molecule has 12 nitrogen and oxygen atoms in total. The highest BCUT2D eigenvalue weighted by atomic mass is 16.5. The second-order valence-electron chi connectivity index (χ2n) is 16.2. The van der Waals surface area contributed by atoms with E-state index in [0.717, 1.165) is 45.7 Å². The van der Waals surface area contributed by atoms with E-state index < -0.39 is 0 Å². The Bertz CT molecular complexity index is 2830. The number of ketones is 1. The van der Waals surface area contributed by atoms with Crippen LogP contribution in [0.25, 0.3) is 0 Å². The molecule has 63 heavy (non-hydrogen) atoms. The molecule has 0 fully saturated rings. The lowest BCUT2D eigenvalue weighted by Gasteiger charge is -2.23. The van der Waals surface area contributed by atoms with Crippen molar-refractivity contribution in [2.75, 3.05) is 54.4 Å². The van der Waals surface area contributed by atoms with Gasteiger partial charge in [-0.3, -0.25) is 24.3 Å². The van der Waals surface area contributed by atoms with E-state index in [0.29, 0.717) is 64.0 Å². The van der Waals surface area contributed by atoms with Crippen LogP contribution in [-0.4, -0.2) is 70.3 Å². The zero-order valence-electron chi connectivity index (χ0n) is 35.2. The number of hydrogen-bond donors (Lipinski definition) is 1. The van der Waals surface area contributed by atoms with E-state index in [1.165, 1.54) is 0 Å². The van der Waals surface area contributed by atoms with Gasteiger partial charge >= 0.3 is 0 Å². The molecule has 6 aromatic carbocycles. The maximum Gasteiger partial charge on any atom is 0.261 e. The number of methoxy groups -OCH3 is 2. The standard InChI is InChI=1S/C51H45N5O7/c1-54(28-45(57)33-11-5-4-6-12-33)36-18-31(29-62-48-24-41-39(22-46(48)60-2)50(58)55-37(26-52-41)20-34-13-7-9-15-43(34)55)17-32(19-36)30-63-49-25-42-40(23-47(49)61-3)51(59)56-38(27-53-42)21-35-14-8-10-16-44(35)56/h4-19,22-26,37-38,53H,20-21,27-30H2,1-3H3. The zero-order chi connectivity index (χ0) is 43.2. The van der Waals surface area contributed by atoms with Crippen LogP contribution < -0.4 is 39.0 Å². The minimum Gasteiger partial charge on any atom is -0.493 e. The van der Waals surface area contributed by atoms with Crippen LogP contribution in [-0.2, 0) is 26.1 Å². The van der Waals surface area contributed by atoms with Crippen molar-refractivity contribution in [3.8, 4) is 23.0 Å². The van der Waals surface area contributed by atoms with E-state index in [9.17, 15) is 14.4 Å². The Hall–Kier alpha value is -7.60. The number of anilines is 4. The number of para-hydroxylation sites is 2. The maximum atomic E-state index is 14.0. The predicted octanol–water partition coefficient (Wildman–Crippen LogP) is 8.47. The summed E-state index contributed by atoms with van der Waals surface area (Å²) in [7, 11) is 4.99. The van der Waals surface area contributed by atoms with E-state index in [4.69, 9.17) is 23.9 Å². The van der Waals surface area contributed by atoms with Crippen molar-refractivity contribution in [3.05, 3.63) is 160 Å². The third kappa shape index (κ3) is 7.37. The molecule has 0 bridgehead atoms. The van der Waals surface area contributed by atoms with Crippen molar-refractivity contribution in [1.82, 2.24) is 0 Å². The number of carbonyl (C=O) groups excluding carboxylic acids is 3. The van der Waals surface area contributed by atoms with Gasteiger partial charge in [-0.1, -0.05) is 66.7 Å². The van der Waals surface area contributed by atoms with E-state index in [-0.39, 0.29) is 49.4 Å². The molecule has 6 aromatic rings. The molecule has 4 heterocycles. The summed E-state index contributed by atoms with van der Waals surface area (Å²) >= 11 is 0. The number of aliphatic imine (C=N–C) groups is 1. The first-order valence-electron chi connectivity index (χ1n) is 21.0. The molecule has 0 saturated carbocycles. The third-order valence-corrected chi connectivity index (χ3v) is 12.2. The SMILES string of the molecule is COc1cc2c(cc1OCc1cc(COc3cc4c(cc3OC)C(=O)N3c5ccccc5CC3CN4)cc(N(C)CC(=O)c3ccccc3)c1)N=CC1Cc3ccccc3N1C2=O. The first kappa shape index (κ1) is 39.5. The number of likely N-dealkylation sites (N-methyl/N-ethyl adjacent to an activating group) is 1. The smallest absolute Gasteiger partial charge is 0.261 e. The second-order valence-corrected chi connectivity index (χ2v) is 16.2. The first-order valence-corrected chi connectivity index (χ1v) is 21.0. The molecular weight excluding hydrogens is 795 g/mol. The second kappa shape index (κ2) is 16.4. The van der Waals surface area contributed by atoms with Gasteiger partial charge in [0.2, 0.25) is 0 Å². The highest BCUT2D eigenvalue weighted by molar-refractivity contribution is 6.15. The Labute approximate surface area is 365 Å². The van der Waals surface area contributed by atoms with Crippen molar-refractivity contribution >= 4 is 52.2 Å². The van der Waals surface area contributed by atoms with Gasteiger partial charge in [0.25, 0.3) is 11.8 Å². The maximum absolute atomic E-state index is 14.0. The summed E-state index contributed by atoms with van der Waals surface area (Å²) in [6.07, 6.45) is 3.30. The van der Waals surface area contributed by atoms with Crippen LogP contribution in [0.5, 0.6) is 23.0 Å². The molecule has 2 atom stereocenters. The number of Topliss-reactive ketones (excluding diaryl/α,β-unsaturated/α-hetero) is 1. The van der Waals surface area contributed by atoms with Crippen LogP contribution in [0.1, 0.15) is 53.3 Å². The molecule has 12 heteroatoms. The number of nitrogens with zero attached hydrogens (tertiary/aromatic N) is 4. The summed E-state index contributed by atoms with van der Waals surface area (Å²) in [6, 6.07) is 38.0. The summed E-state index contributed by atoms with van der Waals surface area (Å²) in [5.74, 6) is 1.49. The lowest BCUT2D eigenvalue weighted by molar-refractivity contribution is 0.0976. The van der Waals surface area contributed by atoms with Gasteiger partial charge in [0.1, 0.15) is 13.2 Å². The van der Waals surface area contributed by atoms with Gasteiger partial charge in [-0.05, 0) is 71.1 Å². The molecule has 4 aliphatic heterocycles. The molecule has 10 rings (SSSR count). The van der Waals surface area contributed by atoms with E-state index in [1.807, 2.05) is 120 Å². The Kier molecular flexibility index (Phi) is 10.3. The Balaban J connectivity index is 0.925. The largest absolute Gasteiger partial charge is 0.493 e. The Morgan fingerprint density at radius 2 is 1.30 bits per heavy atom. The van der Waals surface area contributed by atoms with Gasteiger partial charge in [-0.15, -0.1) is 0 Å². The van der Waals surface area contributed by atoms with Crippen molar-refractivity contribution in [2.24, 2.45) is 4.99 Å². The van der Waals surface area contributed by atoms with Gasteiger partial charge in [0, 0.05) is 61.0 Å². The molecule has 316 valence electrons. The van der Waals surface area contributed by atoms with Crippen molar-refractivity contribution in [1.29, 1.82) is 0 Å². The van der Waals surface area contributed by atoms with Gasteiger partial charge in [0.05, 0.1) is 55.3 Å². The van der Waals surface area contributed by atoms with Gasteiger partial charge in [-0.25, -0.2) is 0 Å². The number of benzene rings is 6. The summed E-state index contributed by atoms with van der Waals surface area (Å²) in [4.78, 5) is 51.8. The van der Waals surface area contributed by atoms with Crippen molar-refractivity contribution in [3.63, 3.8) is 0 Å². The molecule has 0 radical (unpaired) electrons. The summed E-state index contributed by atoms with van der Waals surface area (Å²) in [5.41, 5.74) is 9.24. The highest BCUT2D eigenvalue weighted by Crippen LogP contribution is 2.43. The van der Waals surface area contributed by atoms with Crippen LogP contribution >= 0.6 is 0 Å². The van der Waals surface area contributed by atoms with Crippen LogP contribution in [0.4, 0.5) is 28.4 Å². The normalized spacial score (nSPS) is 16.6. The minimum absolute atomic E-state index is 0.0105. The summed E-state index contributed by atoms with van der Waals surface area (Å²) < 4.78 is 24.6. The van der Waals surface area contributed by atoms with E-state index >= 15 is 0 Å². The number of amides is 2. The molecule has 0 aliphatic carbocycles. The fraction of sp³-hybridized carbons (Fsp3) is 0.216. The lowest BCUT2D eigenvalue weighted by atomic mass is 10.1. The molecular formula is C51H45N5O7. The fourth-order valence-electron chi connectivity index (χ4n) is 9.08. The van der Waals surface area contributed by atoms with Gasteiger partial charge < -0.3 is 34.1 Å². The quantitative estimate of drug-likeness (QED) is 0.121. The predicted molar refractivity (Wildman–Crippen MR) is 243 cm³/mol. The first-order chi connectivity index (χ1) is 30.8. The molecule has 2 unspecified atom stereocenters. The average molecular weight is 840 g/mol. The third-order valence-electron chi connectivity index (χ3n) is 12.2. The van der Waals surface area contributed by atoms with Crippen molar-refractivity contribution in [2.45, 2.75) is 38.1 Å². The fourth-order valence-corrected chi connectivity index (χ4v) is 9.08. The number of nitrogens with one attached hydrogen (secondary N) is 1. The summed E-state index contributed by atoms with van der Waals surface area (Å²) in [6.45, 7) is 1.00. The zero-order valence-corrected chi connectivity index (χ0v) is 35.2. The van der Waals surface area contributed by atoms with Crippen LogP contribution in [0.3, 0.4) is 0 Å². The number of rotatable bonds is 12. The number of carbonyl (C=O) groups is 3. The van der Waals surface area contributed by atoms with Crippen molar-refractivity contribution < 1.29 is 33.3 Å². The molecule has 4 aliphatic rings. The van der Waals surface area contributed by atoms with Crippen LogP contribution in [0.15, 0.2) is 126 Å². The Morgan fingerprint density at radius 3 is 2.00 bits per heavy atom. The molecule has 0 aromatic heterocycles. The highest BCUT2D eigenvalue weighted by Gasteiger charge is 2.38. The van der Waals surface area contributed by atoms with Gasteiger partial charge in [-0.2, -0.15) is 0 Å². The molecule has 0 saturated heterocycles. The number of hydrogen-bond acceptors (Lipinski definition) is 10. The molecule has 0 spiro atoms. The minimum atomic E-state index is -0.188. The molecule has 1 N–H and O–H groups in total. The summed E-state index contributed by atoms with van der Waals surface area (Å²) in [5, 5.41) is 3.50. The molecule has 2 amide bonds. The van der Waals surface area contributed by atoms with E-state index in [2.05, 4.69) is 11.4 Å². The lowest BCUT2D eigenvalue weighted by Crippen LogP contribution is -2.39. The van der Waals surface area contributed by atoms with Gasteiger partial charge in [0.15, 0.2) is 28.8 Å². The van der Waals surface area contributed by atoms with Crippen LogP contribution in [0.2, 0.25) is 0 Å². The monoisotopic (exact) mass is 839 g/mol. The number of fused-ring (bicyclic) bond motifs is 8. The van der Waals surface area contributed by atoms with Crippen LogP contribution in [0, 0.1) is 0 Å². The van der Waals surface area contributed by atoms with E-state index in [1.54, 1.807) is 37.3 Å². The Morgan fingerprint density at radius 1 is 0.698 bits per heavy atom. The topological polar surface area (TPSA) is 122 Å². The average Bonchev–Trinajstić information content (AvgIpc) is 3.81. The number of ether oxygens (including phenoxy) is 4.